The molecular formula is C26H32N2. The minimum atomic E-state index is 1.18. The average molecular weight is 373 g/mol. The van der Waals surface area contributed by atoms with Gasteiger partial charge in [0, 0.05) is 22.4 Å². The van der Waals surface area contributed by atoms with Gasteiger partial charge in [-0.3, -0.25) is 0 Å². The van der Waals surface area contributed by atoms with Gasteiger partial charge in [0.1, 0.15) is 0 Å². The van der Waals surface area contributed by atoms with Crippen LogP contribution in [0.1, 0.15) is 62.8 Å². The van der Waals surface area contributed by atoms with Crippen molar-refractivity contribution < 1.29 is 0 Å². The van der Waals surface area contributed by atoms with E-state index < -0.39 is 0 Å². The molecule has 0 bridgehead atoms. The van der Waals surface area contributed by atoms with Crippen molar-refractivity contribution in [3.63, 3.8) is 0 Å². The van der Waals surface area contributed by atoms with Crippen molar-refractivity contribution in [3.8, 4) is 0 Å². The summed E-state index contributed by atoms with van der Waals surface area (Å²) >= 11 is 0. The zero-order valence-corrected chi connectivity index (χ0v) is 16.8. The first-order chi connectivity index (χ1) is 13.9. The van der Waals surface area contributed by atoms with Gasteiger partial charge < -0.3 is 9.97 Å². The van der Waals surface area contributed by atoms with Crippen LogP contribution in [0.2, 0.25) is 0 Å². The highest BCUT2D eigenvalue weighted by molar-refractivity contribution is 5.80. The molecule has 2 aromatic carbocycles. The molecule has 28 heavy (non-hydrogen) atoms. The van der Waals surface area contributed by atoms with Crippen LogP contribution >= 0.6 is 0 Å². The number of aryl methyl sites for hydroxylation is 2. The second kappa shape index (κ2) is 9.64. The number of H-pyrrole nitrogens is 2. The maximum absolute atomic E-state index is 3.54. The summed E-state index contributed by atoms with van der Waals surface area (Å²) < 4.78 is 0. The Morgan fingerprint density at radius 1 is 0.464 bits per heavy atom. The molecule has 2 heterocycles. The van der Waals surface area contributed by atoms with E-state index in [0.717, 1.165) is 0 Å². The molecule has 2 N–H and O–H groups in total. The SMILES string of the molecule is c1ccc2[nH]c(CCCCCCCCCCc3cc4ccccc4[nH]3)cc2c1. The van der Waals surface area contributed by atoms with Crippen molar-refractivity contribution in [1.82, 2.24) is 9.97 Å². The van der Waals surface area contributed by atoms with Gasteiger partial charge in [0.05, 0.1) is 0 Å². The fourth-order valence-electron chi connectivity index (χ4n) is 4.23. The first-order valence-corrected chi connectivity index (χ1v) is 11.0. The van der Waals surface area contributed by atoms with E-state index in [2.05, 4.69) is 70.6 Å². The van der Waals surface area contributed by atoms with E-state index in [-0.39, 0.29) is 0 Å². The van der Waals surface area contributed by atoms with Crippen molar-refractivity contribution in [2.75, 3.05) is 0 Å². The molecule has 0 amide bonds. The molecule has 2 nitrogen and oxygen atoms in total. The van der Waals surface area contributed by atoms with Crippen LogP contribution in [0.4, 0.5) is 0 Å². The van der Waals surface area contributed by atoms with Crippen molar-refractivity contribution in [1.29, 1.82) is 0 Å². The predicted molar refractivity (Wildman–Crippen MR) is 121 cm³/mol. The van der Waals surface area contributed by atoms with E-state index >= 15 is 0 Å². The number of rotatable bonds is 11. The summed E-state index contributed by atoms with van der Waals surface area (Å²) in [6.45, 7) is 0. The van der Waals surface area contributed by atoms with Crippen LogP contribution in [0.15, 0.2) is 60.7 Å². The second-order valence-electron chi connectivity index (χ2n) is 8.09. The molecule has 146 valence electrons. The Bertz CT molecular complexity index is 844. The highest BCUT2D eigenvalue weighted by Crippen LogP contribution is 2.18. The number of aromatic nitrogens is 2. The van der Waals surface area contributed by atoms with Crippen molar-refractivity contribution in [2.24, 2.45) is 0 Å². The highest BCUT2D eigenvalue weighted by atomic mass is 14.7. The molecule has 0 spiro atoms. The van der Waals surface area contributed by atoms with Gasteiger partial charge in [0.25, 0.3) is 0 Å². The van der Waals surface area contributed by atoms with E-state index in [1.54, 1.807) is 0 Å². The number of aromatic amines is 2. The summed E-state index contributed by atoms with van der Waals surface area (Å²) in [6, 6.07) is 21.7. The molecule has 0 saturated carbocycles. The third kappa shape index (κ3) is 5.07. The van der Waals surface area contributed by atoms with Crippen LogP contribution in [0.25, 0.3) is 21.8 Å². The lowest BCUT2D eigenvalue weighted by molar-refractivity contribution is 0.565. The van der Waals surface area contributed by atoms with Crippen molar-refractivity contribution in [2.45, 2.75) is 64.2 Å². The van der Waals surface area contributed by atoms with E-state index in [9.17, 15) is 0 Å². The molecule has 2 heteroatoms. The maximum atomic E-state index is 3.54. The van der Waals surface area contributed by atoms with E-state index in [1.807, 2.05) is 0 Å². The molecule has 0 radical (unpaired) electrons. The molecule has 2 aromatic heterocycles. The summed E-state index contributed by atoms with van der Waals surface area (Å²) in [7, 11) is 0. The Labute approximate surface area is 168 Å². The number of nitrogens with one attached hydrogen (secondary N) is 2. The second-order valence-corrected chi connectivity index (χ2v) is 8.09. The van der Waals surface area contributed by atoms with Gasteiger partial charge in [-0.05, 0) is 60.7 Å². The minimum absolute atomic E-state index is 1.18. The summed E-state index contributed by atoms with van der Waals surface area (Å²) in [5.41, 5.74) is 5.31. The van der Waals surface area contributed by atoms with E-state index in [1.165, 1.54) is 97.4 Å². The zero-order chi connectivity index (χ0) is 19.0. The number of hydrogen-bond acceptors (Lipinski definition) is 0. The zero-order valence-electron chi connectivity index (χ0n) is 16.8. The van der Waals surface area contributed by atoms with Crippen molar-refractivity contribution in [3.05, 3.63) is 72.1 Å². The summed E-state index contributed by atoms with van der Waals surface area (Å²) in [5, 5.41) is 2.68. The van der Waals surface area contributed by atoms with Crippen LogP contribution in [-0.4, -0.2) is 9.97 Å². The smallest absolute Gasteiger partial charge is 0.0456 e. The van der Waals surface area contributed by atoms with Gasteiger partial charge in [-0.2, -0.15) is 0 Å². The van der Waals surface area contributed by atoms with Crippen LogP contribution in [-0.2, 0) is 12.8 Å². The molecule has 0 atom stereocenters. The fraction of sp³-hybridized carbons (Fsp3) is 0.385. The van der Waals surface area contributed by atoms with E-state index in [4.69, 9.17) is 0 Å². The molecular weight excluding hydrogens is 340 g/mol. The lowest BCUT2D eigenvalue weighted by atomic mass is 10.1. The molecule has 4 rings (SSSR count). The lowest BCUT2D eigenvalue weighted by Gasteiger charge is -2.02. The van der Waals surface area contributed by atoms with Gasteiger partial charge >= 0.3 is 0 Å². The summed E-state index contributed by atoms with van der Waals surface area (Å²) in [5.74, 6) is 0. The third-order valence-corrected chi connectivity index (χ3v) is 5.81. The van der Waals surface area contributed by atoms with Crippen LogP contribution < -0.4 is 0 Å². The molecule has 0 fully saturated rings. The first kappa shape index (κ1) is 18.9. The topological polar surface area (TPSA) is 31.6 Å². The normalized spacial score (nSPS) is 11.6. The number of fused-ring (bicyclic) bond motifs is 2. The van der Waals surface area contributed by atoms with Gasteiger partial charge in [-0.15, -0.1) is 0 Å². The number of benzene rings is 2. The Kier molecular flexibility index (Phi) is 6.49. The molecule has 4 aromatic rings. The Morgan fingerprint density at radius 3 is 1.29 bits per heavy atom. The summed E-state index contributed by atoms with van der Waals surface area (Å²) in [6.07, 6.45) is 13.2. The third-order valence-electron chi connectivity index (χ3n) is 5.81. The summed E-state index contributed by atoms with van der Waals surface area (Å²) in [4.78, 5) is 7.08. The standard InChI is InChI=1S/C26H32N2/c1(3-5-7-15-23-19-21-13-9-11-17-25(21)27-23)2-4-6-8-16-24-20-22-14-10-12-18-26(22)28-24/h9-14,17-20,27-28H,1-8,15-16H2. The fourth-order valence-corrected chi connectivity index (χ4v) is 4.23. The first-order valence-electron chi connectivity index (χ1n) is 11.0. The molecule has 0 aliphatic carbocycles. The van der Waals surface area contributed by atoms with Crippen molar-refractivity contribution >= 4 is 21.8 Å². The molecule has 0 aliphatic heterocycles. The van der Waals surface area contributed by atoms with Gasteiger partial charge in [-0.1, -0.05) is 74.9 Å². The molecule has 0 unspecified atom stereocenters. The Hall–Kier alpha value is -2.48. The van der Waals surface area contributed by atoms with Crippen LogP contribution in [0.5, 0.6) is 0 Å². The highest BCUT2D eigenvalue weighted by Gasteiger charge is 2.01. The van der Waals surface area contributed by atoms with Gasteiger partial charge in [0.15, 0.2) is 0 Å². The van der Waals surface area contributed by atoms with Gasteiger partial charge in [0.2, 0.25) is 0 Å². The van der Waals surface area contributed by atoms with Crippen LogP contribution in [0, 0.1) is 0 Å². The maximum Gasteiger partial charge on any atom is 0.0456 e. The average Bonchev–Trinajstić information content (AvgIpc) is 3.32. The monoisotopic (exact) mass is 372 g/mol. The molecule has 0 aliphatic rings. The van der Waals surface area contributed by atoms with Gasteiger partial charge in [-0.25, -0.2) is 0 Å². The number of unbranched alkanes of at least 4 members (excludes halogenated alkanes) is 7. The predicted octanol–water partition coefficient (Wildman–Crippen LogP) is 7.56. The van der Waals surface area contributed by atoms with Crippen LogP contribution in [0.3, 0.4) is 0 Å². The Balaban J connectivity index is 1.03. The number of para-hydroxylation sites is 2. The lowest BCUT2D eigenvalue weighted by Crippen LogP contribution is -1.88. The minimum Gasteiger partial charge on any atom is -0.358 e. The van der Waals surface area contributed by atoms with E-state index in [0.29, 0.717) is 0 Å². The Morgan fingerprint density at radius 2 is 0.857 bits per heavy atom. The molecule has 0 saturated heterocycles. The number of hydrogen-bond donors (Lipinski definition) is 2. The largest absolute Gasteiger partial charge is 0.358 e. The quantitative estimate of drug-likeness (QED) is 0.255.